The minimum absolute atomic E-state index is 0. The van der Waals surface area contributed by atoms with Crippen molar-refractivity contribution < 1.29 is 9.84 Å². The molecule has 18 heavy (non-hydrogen) atoms. The molecule has 4 heteroatoms. The number of aliphatic hydroxyl groups excluding tert-OH is 1. The Morgan fingerprint density at radius 2 is 1.78 bits per heavy atom. The van der Waals surface area contributed by atoms with Crippen molar-refractivity contribution in [3.63, 3.8) is 0 Å². The molecular formula is C14H24ClNO2. The van der Waals surface area contributed by atoms with Gasteiger partial charge in [-0.2, -0.15) is 0 Å². The third kappa shape index (κ3) is 5.25. The maximum atomic E-state index is 9.40. The fourth-order valence-corrected chi connectivity index (χ4v) is 1.42. The molecule has 3 N–H and O–H groups in total. The first kappa shape index (κ1) is 17.2. The molecule has 0 aliphatic carbocycles. The number of hydrogen-bond donors (Lipinski definition) is 2. The molecule has 0 aliphatic rings. The van der Waals surface area contributed by atoms with E-state index in [1.165, 1.54) is 0 Å². The van der Waals surface area contributed by atoms with Gasteiger partial charge >= 0.3 is 0 Å². The number of aliphatic hydroxyl groups is 1. The largest absolute Gasteiger partial charge is 0.493 e. The molecule has 3 atom stereocenters. The molecule has 0 fully saturated rings. The average Bonchev–Trinajstić information content (AvgIpc) is 2.35. The Morgan fingerprint density at radius 1 is 1.22 bits per heavy atom. The number of hydrogen-bond acceptors (Lipinski definition) is 3. The highest BCUT2D eigenvalue weighted by Gasteiger charge is 2.11. The molecule has 0 unspecified atom stereocenters. The van der Waals surface area contributed by atoms with E-state index >= 15 is 0 Å². The number of nitrogens with two attached hydrogens (primary N) is 1. The first-order chi connectivity index (χ1) is 8.04. The Labute approximate surface area is 116 Å². The lowest BCUT2D eigenvalue weighted by Crippen LogP contribution is -2.22. The molecule has 1 aromatic carbocycles. The minimum Gasteiger partial charge on any atom is -0.493 e. The van der Waals surface area contributed by atoms with Crippen LogP contribution in [0, 0.1) is 5.92 Å². The Morgan fingerprint density at radius 3 is 2.22 bits per heavy atom. The van der Waals surface area contributed by atoms with Crippen LogP contribution in [0.5, 0.6) is 5.75 Å². The maximum absolute atomic E-state index is 9.40. The molecule has 0 spiro atoms. The van der Waals surface area contributed by atoms with Crippen LogP contribution in [0.4, 0.5) is 0 Å². The third-order valence-corrected chi connectivity index (χ3v) is 3.02. The highest BCUT2D eigenvalue weighted by atomic mass is 35.5. The van der Waals surface area contributed by atoms with Gasteiger partial charge in [0.1, 0.15) is 5.75 Å². The topological polar surface area (TPSA) is 55.5 Å². The van der Waals surface area contributed by atoms with Crippen LogP contribution in [0.25, 0.3) is 0 Å². The van der Waals surface area contributed by atoms with Crippen molar-refractivity contribution >= 4 is 12.4 Å². The third-order valence-electron chi connectivity index (χ3n) is 3.02. The van der Waals surface area contributed by atoms with Crippen molar-refractivity contribution in [2.75, 3.05) is 6.61 Å². The Kier molecular flexibility index (Phi) is 8.00. The minimum atomic E-state index is -0.540. The predicted molar refractivity (Wildman–Crippen MR) is 77.2 cm³/mol. The van der Waals surface area contributed by atoms with Gasteiger partial charge in [-0.15, -0.1) is 12.4 Å². The highest BCUT2D eigenvalue weighted by Crippen LogP contribution is 2.19. The Bertz CT molecular complexity index is 327. The van der Waals surface area contributed by atoms with Gasteiger partial charge in [0.05, 0.1) is 18.8 Å². The second-order valence-electron chi connectivity index (χ2n) is 4.66. The Hall–Kier alpha value is -0.770. The van der Waals surface area contributed by atoms with Crippen LogP contribution in [0.15, 0.2) is 24.3 Å². The van der Waals surface area contributed by atoms with Crippen LogP contribution in [0.1, 0.15) is 38.8 Å². The average molecular weight is 274 g/mol. The lowest BCUT2D eigenvalue weighted by molar-refractivity contribution is 0.164. The molecule has 0 bridgehead atoms. The molecule has 0 saturated carbocycles. The van der Waals surface area contributed by atoms with Gasteiger partial charge in [-0.1, -0.05) is 32.4 Å². The predicted octanol–water partition coefficient (Wildman–Crippen LogP) is 2.91. The SMILES string of the molecule is CC[C@H](C)COc1ccc([C@@H](N)[C@@H](C)O)cc1.Cl. The molecule has 0 amide bonds. The number of benzene rings is 1. The van der Waals surface area contributed by atoms with Gasteiger partial charge in [0.2, 0.25) is 0 Å². The number of halogens is 1. The summed E-state index contributed by atoms with van der Waals surface area (Å²) in [6, 6.07) is 7.28. The second-order valence-corrected chi connectivity index (χ2v) is 4.66. The van der Waals surface area contributed by atoms with Gasteiger partial charge in [-0.05, 0) is 30.5 Å². The summed E-state index contributed by atoms with van der Waals surface area (Å²) < 4.78 is 5.65. The van der Waals surface area contributed by atoms with Crippen LogP contribution >= 0.6 is 12.4 Å². The normalized spacial score (nSPS) is 15.4. The molecule has 0 radical (unpaired) electrons. The summed E-state index contributed by atoms with van der Waals surface area (Å²) in [6.45, 7) is 6.74. The van der Waals surface area contributed by atoms with E-state index in [0.29, 0.717) is 5.92 Å². The molecule has 0 aliphatic heterocycles. The van der Waals surface area contributed by atoms with E-state index in [0.717, 1.165) is 24.3 Å². The molecule has 1 rings (SSSR count). The fraction of sp³-hybridized carbons (Fsp3) is 0.571. The molecular weight excluding hydrogens is 250 g/mol. The van der Waals surface area contributed by atoms with Crippen molar-refractivity contribution in [3.8, 4) is 5.75 Å². The van der Waals surface area contributed by atoms with Crippen LogP contribution < -0.4 is 10.5 Å². The van der Waals surface area contributed by atoms with Gasteiger partial charge < -0.3 is 15.6 Å². The van der Waals surface area contributed by atoms with Crippen LogP contribution in [0.3, 0.4) is 0 Å². The standard InChI is InChI=1S/C14H23NO2.ClH/c1-4-10(2)9-17-13-7-5-12(6-8-13)14(15)11(3)16;/h5-8,10-11,14,16H,4,9,15H2,1-3H3;1H/t10-,11+,14-;/m0./s1. The zero-order valence-electron chi connectivity index (χ0n) is 11.3. The first-order valence-corrected chi connectivity index (χ1v) is 6.21. The van der Waals surface area contributed by atoms with E-state index < -0.39 is 6.10 Å². The van der Waals surface area contributed by atoms with Gasteiger partial charge in [-0.3, -0.25) is 0 Å². The van der Waals surface area contributed by atoms with Crippen molar-refractivity contribution in [3.05, 3.63) is 29.8 Å². The van der Waals surface area contributed by atoms with Gasteiger partial charge in [0, 0.05) is 0 Å². The quantitative estimate of drug-likeness (QED) is 0.838. The van der Waals surface area contributed by atoms with E-state index in [1.807, 2.05) is 24.3 Å². The summed E-state index contributed by atoms with van der Waals surface area (Å²) in [6.07, 6.45) is 0.576. The van der Waals surface area contributed by atoms with E-state index in [4.69, 9.17) is 10.5 Å². The monoisotopic (exact) mass is 273 g/mol. The lowest BCUT2D eigenvalue weighted by Gasteiger charge is -2.16. The summed E-state index contributed by atoms with van der Waals surface area (Å²) in [5, 5.41) is 9.40. The molecule has 1 aromatic rings. The molecule has 0 aromatic heterocycles. The van der Waals surface area contributed by atoms with E-state index in [-0.39, 0.29) is 18.4 Å². The molecule has 104 valence electrons. The Balaban J connectivity index is 0.00000289. The summed E-state index contributed by atoms with van der Waals surface area (Å²) in [5.41, 5.74) is 6.77. The van der Waals surface area contributed by atoms with Crippen molar-refractivity contribution in [2.45, 2.75) is 39.3 Å². The summed E-state index contributed by atoms with van der Waals surface area (Å²) in [7, 11) is 0. The zero-order chi connectivity index (χ0) is 12.8. The van der Waals surface area contributed by atoms with E-state index in [1.54, 1.807) is 6.92 Å². The van der Waals surface area contributed by atoms with Crippen LogP contribution in [-0.4, -0.2) is 17.8 Å². The molecule has 3 nitrogen and oxygen atoms in total. The first-order valence-electron chi connectivity index (χ1n) is 6.21. The van der Waals surface area contributed by atoms with E-state index in [2.05, 4.69) is 13.8 Å². The maximum Gasteiger partial charge on any atom is 0.119 e. The second kappa shape index (κ2) is 8.35. The smallest absolute Gasteiger partial charge is 0.119 e. The fourth-order valence-electron chi connectivity index (χ4n) is 1.42. The van der Waals surface area contributed by atoms with Gasteiger partial charge in [0.25, 0.3) is 0 Å². The highest BCUT2D eigenvalue weighted by molar-refractivity contribution is 5.85. The lowest BCUT2D eigenvalue weighted by atomic mass is 10.0. The van der Waals surface area contributed by atoms with Gasteiger partial charge in [0.15, 0.2) is 0 Å². The van der Waals surface area contributed by atoms with Crippen molar-refractivity contribution in [1.82, 2.24) is 0 Å². The zero-order valence-corrected chi connectivity index (χ0v) is 12.1. The summed E-state index contributed by atoms with van der Waals surface area (Å²) in [4.78, 5) is 0. The number of ether oxygens (including phenoxy) is 1. The summed E-state index contributed by atoms with van der Waals surface area (Å²) >= 11 is 0. The number of rotatable bonds is 6. The summed E-state index contributed by atoms with van der Waals surface area (Å²) in [5.74, 6) is 1.42. The van der Waals surface area contributed by atoms with E-state index in [9.17, 15) is 5.11 Å². The van der Waals surface area contributed by atoms with Gasteiger partial charge in [-0.25, -0.2) is 0 Å². The van der Waals surface area contributed by atoms with Crippen LogP contribution in [-0.2, 0) is 0 Å². The van der Waals surface area contributed by atoms with Crippen LogP contribution in [0.2, 0.25) is 0 Å². The molecule has 0 saturated heterocycles. The molecule has 0 heterocycles. The van der Waals surface area contributed by atoms with Crippen molar-refractivity contribution in [2.24, 2.45) is 11.7 Å². The van der Waals surface area contributed by atoms with Crippen molar-refractivity contribution in [1.29, 1.82) is 0 Å².